The highest BCUT2D eigenvalue weighted by molar-refractivity contribution is 5.18. The van der Waals surface area contributed by atoms with Gasteiger partial charge < -0.3 is 15.2 Å². The van der Waals surface area contributed by atoms with Crippen LogP contribution in [0, 0.1) is 5.92 Å². The van der Waals surface area contributed by atoms with Crippen molar-refractivity contribution in [3.8, 4) is 0 Å². The average Bonchev–Trinajstić information content (AvgIpc) is 2.42. The standard InChI is InChI=1S/C14H21NO2/c16-11-14(13-4-2-1-3-5-13)15-10-12-6-8-17-9-7-12/h1-5,12,14-16H,6-11H2. The minimum Gasteiger partial charge on any atom is -0.394 e. The second kappa shape index (κ2) is 6.74. The van der Waals surface area contributed by atoms with Crippen molar-refractivity contribution in [1.82, 2.24) is 5.32 Å². The molecule has 1 heterocycles. The van der Waals surface area contributed by atoms with Gasteiger partial charge in [0.15, 0.2) is 0 Å². The molecule has 0 spiro atoms. The number of ether oxygens (including phenoxy) is 1. The maximum Gasteiger partial charge on any atom is 0.0626 e. The summed E-state index contributed by atoms with van der Waals surface area (Å²) in [5.74, 6) is 0.682. The molecule has 0 aromatic heterocycles. The van der Waals surface area contributed by atoms with E-state index in [1.165, 1.54) is 0 Å². The van der Waals surface area contributed by atoms with Crippen LogP contribution in [0.25, 0.3) is 0 Å². The number of aliphatic hydroxyl groups is 1. The van der Waals surface area contributed by atoms with Crippen LogP contribution in [0.5, 0.6) is 0 Å². The lowest BCUT2D eigenvalue weighted by molar-refractivity contribution is 0.0645. The summed E-state index contributed by atoms with van der Waals surface area (Å²) < 4.78 is 5.34. The van der Waals surface area contributed by atoms with Crippen molar-refractivity contribution >= 4 is 0 Å². The number of hydrogen-bond donors (Lipinski definition) is 2. The van der Waals surface area contributed by atoms with Crippen molar-refractivity contribution in [2.75, 3.05) is 26.4 Å². The SMILES string of the molecule is OCC(NCC1CCOCC1)c1ccccc1. The van der Waals surface area contributed by atoms with Crippen LogP contribution in [-0.4, -0.2) is 31.5 Å². The maximum atomic E-state index is 9.42. The van der Waals surface area contributed by atoms with Crippen molar-refractivity contribution in [2.24, 2.45) is 5.92 Å². The first-order valence-electron chi connectivity index (χ1n) is 6.37. The molecule has 0 aliphatic carbocycles. The number of rotatable bonds is 5. The Morgan fingerprint density at radius 3 is 2.59 bits per heavy atom. The summed E-state index contributed by atoms with van der Waals surface area (Å²) in [6, 6.07) is 10.2. The first-order valence-corrected chi connectivity index (χ1v) is 6.37. The Labute approximate surface area is 103 Å². The quantitative estimate of drug-likeness (QED) is 0.816. The summed E-state index contributed by atoms with van der Waals surface area (Å²) in [5, 5.41) is 12.9. The Morgan fingerprint density at radius 2 is 1.94 bits per heavy atom. The monoisotopic (exact) mass is 235 g/mol. The zero-order chi connectivity index (χ0) is 11.9. The van der Waals surface area contributed by atoms with Crippen molar-refractivity contribution in [3.05, 3.63) is 35.9 Å². The predicted octanol–water partition coefficient (Wildman–Crippen LogP) is 1.74. The van der Waals surface area contributed by atoms with Gasteiger partial charge in [0, 0.05) is 13.2 Å². The van der Waals surface area contributed by atoms with E-state index in [1.807, 2.05) is 18.2 Å². The molecule has 3 heteroatoms. The van der Waals surface area contributed by atoms with E-state index in [1.54, 1.807) is 0 Å². The lowest BCUT2D eigenvalue weighted by Crippen LogP contribution is -2.32. The molecule has 0 bridgehead atoms. The summed E-state index contributed by atoms with van der Waals surface area (Å²) in [7, 11) is 0. The van der Waals surface area contributed by atoms with E-state index >= 15 is 0 Å². The molecule has 1 atom stereocenters. The van der Waals surface area contributed by atoms with Crippen LogP contribution >= 0.6 is 0 Å². The number of benzene rings is 1. The lowest BCUT2D eigenvalue weighted by atomic mass is 9.99. The maximum absolute atomic E-state index is 9.42. The first kappa shape index (κ1) is 12.6. The van der Waals surface area contributed by atoms with Gasteiger partial charge in [0.1, 0.15) is 0 Å². The first-order chi connectivity index (χ1) is 8.40. The van der Waals surface area contributed by atoms with Gasteiger partial charge in [-0.25, -0.2) is 0 Å². The van der Waals surface area contributed by atoms with Gasteiger partial charge in [-0.2, -0.15) is 0 Å². The van der Waals surface area contributed by atoms with Gasteiger partial charge in [-0.15, -0.1) is 0 Å². The van der Waals surface area contributed by atoms with E-state index in [2.05, 4.69) is 17.4 Å². The second-order valence-electron chi connectivity index (χ2n) is 4.61. The van der Waals surface area contributed by atoms with Crippen molar-refractivity contribution < 1.29 is 9.84 Å². The third-order valence-corrected chi connectivity index (χ3v) is 3.38. The van der Waals surface area contributed by atoms with Crippen LogP contribution in [0.4, 0.5) is 0 Å². The highest BCUT2D eigenvalue weighted by atomic mass is 16.5. The zero-order valence-electron chi connectivity index (χ0n) is 10.1. The molecular formula is C14H21NO2. The molecule has 0 radical (unpaired) electrons. The molecule has 2 N–H and O–H groups in total. The number of aliphatic hydroxyl groups excluding tert-OH is 1. The van der Waals surface area contributed by atoms with Crippen LogP contribution < -0.4 is 5.32 Å². The van der Waals surface area contributed by atoms with E-state index in [9.17, 15) is 5.11 Å². The van der Waals surface area contributed by atoms with E-state index in [0.717, 1.165) is 38.2 Å². The van der Waals surface area contributed by atoms with E-state index < -0.39 is 0 Å². The van der Waals surface area contributed by atoms with Gasteiger partial charge in [0.2, 0.25) is 0 Å². The highest BCUT2D eigenvalue weighted by Gasteiger charge is 2.16. The van der Waals surface area contributed by atoms with Crippen molar-refractivity contribution in [1.29, 1.82) is 0 Å². The fourth-order valence-electron chi connectivity index (χ4n) is 2.23. The minimum absolute atomic E-state index is 0.0547. The summed E-state index contributed by atoms with van der Waals surface area (Å²) in [6.45, 7) is 2.86. The molecule has 0 amide bonds. The Balaban J connectivity index is 1.83. The molecule has 17 heavy (non-hydrogen) atoms. The molecule has 1 aliphatic heterocycles. The smallest absolute Gasteiger partial charge is 0.0626 e. The molecule has 1 fully saturated rings. The lowest BCUT2D eigenvalue weighted by Gasteiger charge is -2.25. The third-order valence-electron chi connectivity index (χ3n) is 3.38. The summed E-state index contributed by atoms with van der Waals surface area (Å²) in [6.07, 6.45) is 2.25. The van der Waals surface area contributed by atoms with E-state index in [-0.39, 0.29) is 12.6 Å². The van der Waals surface area contributed by atoms with Crippen LogP contribution in [0.15, 0.2) is 30.3 Å². The van der Waals surface area contributed by atoms with Crippen LogP contribution in [0.1, 0.15) is 24.4 Å². The Morgan fingerprint density at radius 1 is 1.24 bits per heavy atom. The molecule has 3 nitrogen and oxygen atoms in total. The predicted molar refractivity (Wildman–Crippen MR) is 67.8 cm³/mol. The van der Waals surface area contributed by atoms with Gasteiger partial charge in [-0.3, -0.25) is 0 Å². The summed E-state index contributed by atoms with van der Waals surface area (Å²) in [5.41, 5.74) is 1.15. The van der Waals surface area contributed by atoms with Gasteiger partial charge in [0.05, 0.1) is 12.6 Å². The minimum atomic E-state index is 0.0547. The summed E-state index contributed by atoms with van der Waals surface area (Å²) in [4.78, 5) is 0. The fourth-order valence-corrected chi connectivity index (χ4v) is 2.23. The zero-order valence-corrected chi connectivity index (χ0v) is 10.1. The van der Waals surface area contributed by atoms with Gasteiger partial charge in [-0.05, 0) is 30.9 Å². The van der Waals surface area contributed by atoms with Crippen LogP contribution in [0.3, 0.4) is 0 Å². The van der Waals surface area contributed by atoms with Crippen molar-refractivity contribution in [2.45, 2.75) is 18.9 Å². The molecule has 1 aromatic carbocycles. The average molecular weight is 235 g/mol. The normalized spacial score (nSPS) is 19.1. The van der Waals surface area contributed by atoms with Gasteiger partial charge in [0.25, 0.3) is 0 Å². The molecule has 1 unspecified atom stereocenters. The molecule has 94 valence electrons. The highest BCUT2D eigenvalue weighted by Crippen LogP contribution is 2.16. The molecule has 1 aliphatic rings. The fraction of sp³-hybridized carbons (Fsp3) is 0.571. The Hall–Kier alpha value is -0.900. The number of nitrogens with one attached hydrogen (secondary N) is 1. The molecular weight excluding hydrogens is 214 g/mol. The molecule has 1 saturated heterocycles. The van der Waals surface area contributed by atoms with Crippen molar-refractivity contribution in [3.63, 3.8) is 0 Å². The van der Waals surface area contributed by atoms with Gasteiger partial charge in [-0.1, -0.05) is 30.3 Å². The largest absolute Gasteiger partial charge is 0.394 e. The molecule has 0 saturated carbocycles. The van der Waals surface area contributed by atoms with Gasteiger partial charge >= 0.3 is 0 Å². The Kier molecular flexibility index (Phi) is 4.98. The van der Waals surface area contributed by atoms with Crippen LogP contribution in [0.2, 0.25) is 0 Å². The van der Waals surface area contributed by atoms with E-state index in [0.29, 0.717) is 5.92 Å². The molecule has 2 rings (SSSR count). The number of hydrogen-bond acceptors (Lipinski definition) is 3. The third kappa shape index (κ3) is 3.80. The topological polar surface area (TPSA) is 41.5 Å². The van der Waals surface area contributed by atoms with E-state index in [4.69, 9.17) is 4.74 Å². The Bertz CT molecular complexity index is 309. The molecule has 1 aromatic rings. The van der Waals surface area contributed by atoms with Crippen LogP contribution in [-0.2, 0) is 4.74 Å². The second-order valence-corrected chi connectivity index (χ2v) is 4.61. The summed E-state index contributed by atoms with van der Waals surface area (Å²) >= 11 is 0.